The number of benzene rings is 1. The fourth-order valence-corrected chi connectivity index (χ4v) is 1.93. The van der Waals surface area contributed by atoms with Crippen molar-refractivity contribution >= 4 is 11.6 Å². The highest BCUT2D eigenvalue weighted by atomic mass is 19.4. The van der Waals surface area contributed by atoms with Gasteiger partial charge in [-0.15, -0.1) is 0 Å². The summed E-state index contributed by atoms with van der Waals surface area (Å²) < 4.78 is 66.4. The molecule has 2 N–H and O–H groups in total. The Morgan fingerprint density at radius 2 is 1.95 bits per heavy atom. The number of amides is 1. The summed E-state index contributed by atoms with van der Waals surface area (Å²) in [4.78, 5) is 11.8. The third-order valence-electron chi connectivity index (χ3n) is 2.95. The maximum absolute atomic E-state index is 13.0. The van der Waals surface area contributed by atoms with E-state index in [1.165, 1.54) is 24.3 Å². The molecule has 1 aliphatic heterocycles. The predicted molar refractivity (Wildman–Crippen MR) is 68.0 cm³/mol. The lowest BCUT2D eigenvalue weighted by molar-refractivity contribution is -0.153. The van der Waals surface area contributed by atoms with Crippen LogP contribution in [-0.2, 0) is 4.79 Å². The number of alkyl halides is 5. The Balaban J connectivity index is 1.87. The van der Waals surface area contributed by atoms with E-state index >= 15 is 0 Å². The third-order valence-corrected chi connectivity index (χ3v) is 2.95. The Morgan fingerprint density at radius 1 is 1.32 bits per heavy atom. The minimum absolute atomic E-state index is 0.0131. The number of nitrogens with one attached hydrogen (secondary N) is 2. The molecule has 0 aromatic heterocycles. The van der Waals surface area contributed by atoms with E-state index < -0.39 is 43.6 Å². The minimum Gasteiger partial charge on any atom is -0.484 e. The van der Waals surface area contributed by atoms with E-state index in [1.54, 1.807) is 0 Å². The number of rotatable bonds is 4. The topological polar surface area (TPSA) is 50.4 Å². The number of hydrogen-bond acceptors (Lipinski definition) is 3. The highest BCUT2D eigenvalue weighted by Crippen LogP contribution is 2.26. The van der Waals surface area contributed by atoms with Crippen LogP contribution in [0.5, 0.6) is 5.75 Å². The third kappa shape index (κ3) is 4.83. The summed E-state index contributed by atoms with van der Waals surface area (Å²) in [6.45, 7) is -1.98. The molecule has 0 aliphatic carbocycles. The first-order chi connectivity index (χ1) is 10.1. The van der Waals surface area contributed by atoms with Crippen LogP contribution in [0.15, 0.2) is 24.3 Å². The van der Waals surface area contributed by atoms with Crippen LogP contribution in [0, 0.1) is 0 Å². The number of ether oxygens (including phenoxy) is 1. The summed E-state index contributed by atoms with van der Waals surface area (Å²) in [6, 6.07) is 4.15. The molecular weight excluding hydrogens is 311 g/mol. The van der Waals surface area contributed by atoms with Crippen LogP contribution in [-0.4, -0.2) is 37.2 Å². The predicted octanol–water partition coefficient (Wildman–Crippen LogP) is 2.56. The lowest BCUT2D eigenvalue weighted by Gasteiger charge is -2.12. The first-order valence-corrected chi connectivity index (χ1v) is 6.36. The molecule has 22 heavy (non-hydrogen) atoms. The Bertz CT molecular complexity index is 530. The van der Waals surface area contributed by atoms with E-state index in [1.807, 2.05) is 0 Å². The molecule has 1 fully saturated rings. The quantitative estimate of drug-likeness (QED) is 0.837. The van der Waals surface area contributed by atoms with E-state index in [2.05, 4.69) is 15.4 Å². The molecule has 4 nitrogen and oxygen atoms in total. The maximum Gasteiger partial charge on any atom is 0.422 e. The molecule has 2 rings (SSSR count). The molecular formula is C13H13F5N2O2. The fourth-order valence-electron chi connectivity index (χ4n) is 1.93. The summed E-state index contributed by atoms with van der Waals surface area (Å²) in [5.41, 5.74) is 0.279. The van der Waals surface area contributed by atoms with Crippen molar-refractivity contribution in [2.45, 2.75) is 24.6 Å². The zero-order valence-electron chi connectivity index (χ0n) is 11.2. The lowest BCUT2D eigenvalue weighted by Crippen LogP contribution is -2.35. The van der Waals surface area contributed by atoms with Crippen LogP contribution in [0.4, 0.5) is 27.6 Å². The van der Waals surface area contributed by atoms with Crippen LogP contribution in [0.25, 0.3) is 0 Å². The Hall–Kier alpha value is -1.90. The van der Waals surface area contributed by atoms with Crippen LogP contribution >= 0.6 is 0 Å². The van der Waals surface area contributed by atoms with Crippen molar-refractivity contribution in [2.75, 3.05) is 18.5 Å². The van der Waals surface area contributed by atoms with Crippen molar-refractivity contribution in [1.29, 1.82) is 0 Å². The van der Waals surface area contributed by atoms with Crippen molar-refractivity contribution < 1.29 is 31.5 Å². The van der Waals surface area contributed by atoms with Crippen molar-refractivity contribution in [3.8, 4) is 5.75 Å². The fraction of sp³-hybridized carbons (Fsp3) is 0.462. The Labute approximate surface area is 122 Å². The van der Waals surface area contributed by atoms with Gasteiger partial charge in [-0.1, -0.05) is 0 Å². The number of hydrogen-bond donors (Lipinski definition) is 2. The molecule has 1 saturated heterocycles. The van der Waals surface area contributed by atoms with E-state index in [9.17, 15) is 26.7 Å². The van der Waals surface area contributed by atoms with Gasteiger partial charge in [0.1, 0.15) is 5.75 Å². The zero-order valence-corrected chi connectivity index (χ0v) is 11.2. The van der Waals surface area contributed by atoms with Gasteiger partial charge in [-0.25, -0.2) is 8.78 Å². The second kappa shape index (κ2) is 6.07. The van der Waals surface area contributed by atoms with Crippen LogP contribution in [0.1, 0.15) is 6.42 Å². The second-order valence-corrected chi connectivity index (χ2v) is 4.91. The van der Waals surface area contributed by atoms with Gasteiger partial charge in [0.25, 0.3) is 5.92 Å². The monoisotopic (exact) mass is 324 g/mol. The molecule has 1 heterocycles. The summed E-state index contributed by atoms with van der Waals surface area (Å²) in [7, 11) is 0. The average Bonchev–Trinajstić information content (AvgIpc) is 2.77. The van der Waals surface area contributed by atoms with Crippen LogP contribution in [0.3, 0.4) is 0 Å². The Kier molecular flexibility index (Phi) is 4.55. The van der Waals surface area contributed by atoms with Crippen molar-refractivity contribution in [3.05, 3.63) is 24.3 Å². The molecule has 1 aromatic carbocycles. The molecule has 1 aromatic rings. The highest BCUT2D eigenvalue weighted by molar-refractivity contribution is 5.95. The van der Waals surface area contributed by atoms with Crippen molar-refractivity contribution in [2.24, 2.45) is 0 Å². The smallest absolute Gasteiger partial charge is 0.422 e. The number of carbonyl (C=O) groups excluding carboxylic acids is 1. The first kappa shape index (κ1) is 16.5. The molecule has 0 radical (unpaired) electrons. The standard InChI is InChI=1S/C13H13F5N2O2/c14-12(15)5-10(19-6-12)11(21)20-8-1-3-9(4-2-8)22-7-13(16,17)18/h1-4,10,19H,5-7H2,(H,20,21). The summed E-state index contributed by atoms with van der Waals surface area (Å²) in [5, 5.41) is 4.81. The largest absolute Gasteiger partial charge is 0.484 e. The van der Waals surface area contributed by atoms with Gasteiger partial charge < -0.3 is 10.1 Å². The molecule has 0 bridgehead atoms. The maximum atomic E-state index is 13.0. The minimum atomic E-state index is -4.44. The highest BCUT2D eigenvalue weighted by Gasteiger charge is 2.42. The normalized spacial score (nSPS) is 20.7. The number of carbonyl (C=O) groups is 1. The van der Waals surface area contributed by atoms with Gasteiger partial charge in [-0.3, -0.25) is 10.1 Å². The van der Waals surface area contributed by atoms with E-state index in [4.69, 9.17) is 0 Å². The zero-order chi connectivity index (χ0) is 16.4. The van der Waals surface area contributed by atoms with Crippen molar-refractivity contribution in [1.82, 2.24) is 5.32 Å². The molecule has 1 amide bonds. The average molecular weight is 324 g/mol. The second-order valence-electron chi connectivity index (χ2n) is 4.91. The SMILES string of the molecule is O=C(Nc1ccc(OCC(F)(F)F)cc1)C1CC(F)(F)CN1. The van der Waals surface area contributed by atoms with E-state index in [-0.39, 0.29) is 11.4 Å². The number of anilines is 1. The van der Waals surface area contributed by atoms with Gasteiger partial charge in [0.05, 0.1) is 12.6 Å². The van der Waals surface area contributed by atoms with Crippen molar-refractivity contribution in [3.63, 3.8) is 0 Å². The van der Waals surface area contributed by atoms with Gasteiger partial charge in [0, 0.05) is 12.1 Å². The van der Waals surface area contributed by atoms with Crippen LogP contribution in [0.2, 0.25) is 0 Å². The van der Waals surface area contributed by atoms with E-state index in [0.29, 0.717) is 0 Å². The molecule has 1 atom stereocenters. The van der Waals surface area contributed by atoms with Gasteiger partial charge in [-0.2, -0.15) is 13.2 Å². The summed E-state index contributed by atoms with van der Waals surface area (Å²) >= 11 is 0. The molecule has 1 unspecified atom stereocenters. The molecule has 1 aliphatic rings. The van der Waals surface area contributed by atoms with Gasteiger partial charge in [0.15, 0.2) is 6.61 Å². The number of halogens is 5. The molecule has 122 valence electrons. The van der Waals surface area contributed by atoms with Crippen LogP contribution < -0.4 is 15.4 Å². The lowest BCUT2D eigenvalue weighted by atomic mass is 10.2. The molecule has 9 heteroatoms. The summed E-state index contributed by atoms with van der Waals surface area (Å²) in [5.74, 6) is -3.56. The van der Waals surface area contributed by atoms with E-state index in [0.717, 1.165) is 0 Å². The van der Waals surface area contributed by atoms with Gasteiger partial charge in [-0.05, 0) is 24.3 Å². The summed E-state index contributed by atoms with van der Waals surface area (Å²) in [6.07, 6.45) is -5.03. The molecule has 0 spiro atoms. The first-order valence-electron chi connectivity index (χ1n) is 6.36. The van der Waals surface area contributed by atoms with Gasteiger partial charge in [0.2, 0.25) is 5.91 Å². The Morgan fingerprint density at radius 3 is 2.45 bits per heavy atom. The molecule has 0 saturated carbocycles. The van der Waals surface area contributed by atoms with Gasteiger partial charge >= 0.3 is 6.18 Å².